The summed E-state index contributed by atoms with van der Waals surface area (Å²) in [6.45, 7) is 2.70. The van der Waals surface area contributed by atoms with Crippen molar-refractivity contribution < 1.29 is 14.3 Å². The largest absolute Gasteiger partial charge is 0.447 e. The van der Waals surface area contributed by atoms with Gasteiger partial charge in [0.1, 0.15) is 11.5 Å². The Balaban J connectivity index is 1.79. The number of nitrogens with one attached hydrogen (secondary N) is 1. The van der Waals surface area contributed by atoms with E-state index in [1.807, 2.05) is 0 Å². The van der Waals surface area contributed by atoms with E-state index >= 15 is 0 Å². The van der Waals surface area contributed by atoms with Crippen molar-refractivity contribution in [3.8, 4) is 0 Å². The van der Waals surface area contributed by atoms with Crippen LogP contribution in [0.4, 0.5) is 16.2 Å². The van der Waals surface area contributed by atoms with Gasteiger partial charge in [0.2, 0.25) is 0 Å². The first-order valence-corrected chi connectivity index (χ1v) is 7.29. The van der Waals surface area contributed by atoms with Gasteiger partial charge in [0.25, 0.3) is 5.91 Å². The summed E-state index contributed by atoms with van der Waals surface area (Å²) in [6.07, 6.45) is -0.364. The Morgan fingerprint density at radius 2 is 2.33 bits per heavy atom. The van der Waals surface area contributed by atoms with Crippen LogP contribution in [0.25, 0.3) is 0 Å². The number of thiazole rings is 1. The number of benzene rings is 1. The van der Waals surface area contributed by atoms with E-state index in [0.717, 1.165) is 0 Å². The van der Waals surface area contributed by atoms with Crippen molar-refractivity contribution >= 4 is 34.7 Å². The number of carbonyl (C=O) groups is 2. The Kier molecular flexibility index (Phi) is 3.57. The van der Waals surface area contributed by atoms with Crippen LogP contribution in [-0.2, 0) is 4.74 Å². The summed E-state index contributed by atoms with van der Waals surface area (Å²) in [4.78, 5) is 29.9. The number of anilines is 2. The number of cyclic esters (lactones) is 1. The van der Waals surface area contributed by atoms with Crippen molar-refractivity contribution in [1.29, 1.82) is 0 Å². The normalized spacial score (nSPS) is 14.1. The minimum atomic E-state index is -0.364. The van der Waals surface area contributed by atoms with Gasteiger partial charge in [0.15, 0.2) is 0 Å². The van der Waals surface area contributed by atoms with E-state index in [2.05, 4.69) is 10.3 Å². The number of hydrogen-bond acceptors (Lipinski definition) is 5. The highest BCUT2D eigenvalue weighted by Gasteiger charge is 2.23. The molecule has 21 heavy (non-hydrogen) atoms. The summed E-state index contributed by atoms with van der Waals surface area (Å²) < 4.78 is 4.91. The summed E-state index contributed by atoms with van der Waals surface area (Å²) >= 11 is 1.30. The predicted molar refractivity (Wildman–Crippen MR) is 79.9 cm³/mol. The maximum Gasteiger partial charge on any atom is 0.414 e. The molecule has 2 heterocycles. The highest BCUT2D eigenvalue weighted by atomic mass is 32.1. The monoisotopic (exact) mass is 303 g/mol. The second-order valence-corrected chi connectivity index (χ2v) is 5.39. The molecule has 108 valence electrons. The first kappa shape index (κ1) is 13.6. The van der Waals surface area contributed by atoms with Gasteiger partial charge >= 0.3 is 6.09 Å². The highest BCUT2D eigenvalue weighted by Crippen LogP contribution is 2.23. The van der Waals surface area contributed by atoms with Crippen molar-refractivity contribution in [1.82, 2.24) is 4.98 Å². The van der Waals surface area contributed by atoms with Gasteiger partial charge in [-0.1, -0.05) is 6.07 Å². The highest BCUT2D eigenvalue weighted by molar-refractivity contribution is 7.12. The maximum absolute atomic E-state index is 12.1. The maximum atomic E-state index is 12.1. The summed E-state index contributed by atoms with van der Waals surface area (Å²) in [5.41, 5.74) is 3.68. The third kappa shape index (κ3) is 2.73. The summed E-state index contributed by atoms with van der Waals surface area (Å²) in [7, 11) is 0. The van der Waals surface area contributed by atoms with Gasteiger partial charge in [-0.3, -0.25) is 9.69 Å². The van der Waals surface area contributed by atoms with E-state index in [1.54, 1.807) is 36.7 Å². The van der Waals surface area contributed by atoms with Gasteiger partial charge in [0.05, 0.1) is 17.7 Å². The molecule has 3 rings (SSSR count). The zero-order chi connectivity index (χ0) is 14.8. The first-order chi connectivity index (χ1) is 10.1. The van der Waals surface area contributed by atoms with Crippen molar-refractivity contribution in [2.24, 2.45) is 0 Å². The van der Waals surface area contributed by atoms with E-state index in [-0.39, 0.29) is 12.0 Å². The molecule has 2 amide bonds. The quantitative estimate of drug-likeness (QED) is 0.946. The van der Waals surface area contributed by atoms with Crippen LogP contribution in [0.2, 0.25) is 0 Å². The van der Waals surface area contributed by atoms with E-state index in [9.17, 15) is 9.59 Å². The van der Waals surface area contributed by atoms with Crippen molar-refractivity contribution in [2.75, 3.05) is 23.4 Å². The van der Waals surface area contributed by atoms with Crippen LogP contribution in [0, 0.1) is 6.92 Å². The van der Waals surface area contributed by atoms with Crippen LogP contribution < -0.4 is 10.2 Å². The third-order valence-corrected chi connectivity index (χ3v) is 4.06. The fraction of sp³-hybridized carbons (Fsp3) is 0.214. The molecule has 1 N–H and O–H groups in total. The van der Waals surface area contributed by atoms with Crippen molar-refractivity contribution in [3.63, 3.8) is 0 Å². The molecular formula is C14H13N3O3S. The summed E-state index contributed by atoms with van der Waals surface area (Å²) in [6, 6.07) is 7.12. The first-order valence-electron chi connectivity index (χ1n) is 6.41. The molecule has 6 nitrogen and oxygen atoms in total. The third-order valence-electron chi connectivity index (χ3n) is 3.13. The Morgan fingerprint density at radius 3 is 3.00 bits per heavy atom. The lowest BCUT2D eigenvalue weighted by atomic mass is 10.2. The molecule has 1 aliphatic heterocycles. The zero-order valence-corrected chi connectivity index (χ0v) is 12.1. The fourth-order valence-corrected chi connectivity index (χ4v) is 2.78. The molecule has 0 saturated carbocycles. The number of carbonyl (C=O) groups excluding carboxylic acids is 2. The topological polar surface area (TPSA) is 71.5 Å². The summed E-state index contributed by atoms with van der Waals surface area (Å²) in [5.74, 6) is -0.198. The van der Waals surface area contributed by atoms with Gasteiger partial charge in [-0.15, -0.1) is 11.3 Å². The molecule has 1 aromatic carbocycles. The van der Waals surface area contributed by atoms with Crippen LogP contribution in [0.15, 0.2) is 29.8 Å². The van der Waals surface area contributed by atoms with Gasteiger partial charge in [0, 0.05) is 11.4 Å². The molecule has 1 aromatic heterocycles. The molecule has 7 heteroatoms. The average Bonchev–Trinajstić information content (AvgIpc) is 3.07. The minimum absolute atomic E-state index is 0.198. The number of ether oxygens (including phenoxy) is 1. The number of hydrogen-bond donors (Lipinski definition) is 1. The Morgan fingerprint density at radius 1 is 1.48 bits per heavy atom. The van der Waals surface area contributed by atoms with E-state index in [0.29, 0.717) is 35.1 Å². The lowest BCUT2D eigenvalue weighted by molar-refractivity contribution is 0.103. The molecule has 0 aliphatic carbocycles. The SMILES string of the molecule is Cc1ncsc1C(=O)Nc1cccc(N2CCOC2=O)c1. The van der Waals surface area contributed by atoms with Crippen LogP contribution in [0.1, 0.15) is 15.4 Å². The molecule has 0 unspecified atom stereocenters. The summed E-state index contributed by atoms with van der Waals surface area (Å²) in [5, 5.41) is 2.82. The minimum Gasteiger partial charge on any atom is -0.447 e. The number of amides is 2. The van der Waals surface area contributed by atoms with Crippen molar-refractivity contribution in [2.45, 2.75) is 6.92 Å². The smallest absolute Gasteiger partial charge is 0.414 e. The van der Waals surface area contributed by atoms with Gasteiger partial charge < -0.3 is 10.1 Å². The molecule has 1 fully saturated rings. The Labute approximate surface area is 125 Å². The number of nitrogens with zero attached hydrogens (tertiary/aromatic N) is 2. The van der Waals surface area contributed by atoms with Gasteiger partial charge in [-0.25, -0.2) is 9.78 Å². The lowest BCUT2D eigenvalue weighted by Crippen LogP contribution is -2.23. The molecule has 0 atom stereocenters. The van der Waals surface area contributed by atoms with Crippen LogP contribution in [0.5, 0.6) is 0 Å². The molecule has 0 radical (unpaired) electrons. The van der Waals surface area contributed by atoms with Crippen molar-refractivity contribution in [3.05, 3.63) is 40.3 Å². The number of rotatable bonds is 3. The standard InChI is InChI=1S/C14H13N3O3S/c1-9-12(21-8-15-9)13(18)16-10-3-2-4-11(7-10)17-5-6-20-14(17)19/h2-4,7-8H,5-6H2,1H3,(H,16,18). The van der Waals surface area contributed by atoms with E-state index in [1.165, 1.54) is 16.2 Å². The van der Waals surface area contributed by atoms with Gasteiger partial charge in [-0.05, 0) is 25.1 Å². The molecule has 0 bridgehead atoms. The van der Waals surface area contributed by atoms with Crippen LogP contribution >= 0.6 is 11.3 Å². The predicted octanol–water partition coefficient (Wildman–Crippen LogP) is 2.66. The molecule has 1 saturated heterocycles. The average molecular weight is 303 g/mol. The van der Waals surface area contributed by atoms with Crippen LogP contribution in [-0.4, -0.2) is 30.1 Å². The zero-order valence-electron chi connectivity index (χ0n) is 11.3. The Hall–Kier alpha value is -2.41. The fourth-order valence-electron chi connectivity index (χ4n) is 2.09. The van der Waals surface area contributed by atoms with E-state index < -0.39 is 0 Å². The van der Waals surface area contributed by atoms with E-state index in [4.69, 9.17) is 4.74 Å². The molecule has 1 aliphatic rings. The Bertz CT molecular complexity index is 698. The number of aryl methyl sites for hydroxylation is 1. The second-order valence-electron chi connectivity index (χ2n) is 4.54. The lowest BCUT2D eigenvalue weighted by Gasteiger charge is -2.14. The number of aromatic nitrogens is 1. The molecular weight excluding hydrogens is 290 g/mol. The van der Waals surface area contributed by atoms with Gasteiger partial charge in [-0.2, -0.15) is 0 Å². The second kappa shape index (κ2) is 5.53. The molecule has 0 spiro atoms. The molecule has 2 aromatic rings. The van der Waals surface area contributed by atoms with Crippen LogP contribution in [0.3, 0.4) is 0 Å².